The quantitative estimate of drug-likeness (QED) is 0.360. The summed E-state index contributed by atoms with van der Waals surface area (Å²) in [7, 11) is 0. The summed E-state index contributed by atoms with van der Waals surface area (Å²) >= 11 is 1.29. The number of hydrogen-bond donors (Lipinski definition) is 2. The van der Waals surface area contributed by atoms with Gasteiger partial charge in [-0.15, -0.1) is 24.5 Å². The first kappa shape index (κ1) is 24.6. The number of hydrogen-bond acceptors (Lipinski definition) is 6. The first-order chi connectivity index (χ1) is 16.6. The molecule has 2 heterocycles. The number of thiophene rings is 1. The lowest BCUT2D eigenvalue weighted by Gasteiger charge is -2.10. The van der Waals surface area contributed by atoms with Gasteiger partial charge in [-0.3, -0.25) is 14.3 Å². The minimum atomic E-state index is -4.77. The number of fused-ring (bicyclic) bond motifs is 1. The molecule has 0 amide bonds. The molecule has 0 fully saturated rings. The maximum absolute atomic E-state index is 12.5. The minimum Gasteiger partial charge on any atom is -0.457 e. The van der Waals surface area contributed by atoms with Crippen LogP contribution in [0.4, 0.5) is 13.2 Å². The van der Waals surface area contributed by atoms with Gasteiger partial charge in [-0.2, -0.15) is 0 Å². The summed E-state index contributed by atoms with van der Waals surface area (Å²) in [6.07, 6.45) is -5.03. The first-order valence-corrected chi connectivity index (χ1v) is 11.5. The number of aromatic nitrogens is 2. The molecule has 0 radical (unpaired) electrons. The van der Waals surface area contributed by atoms with Crippen LogP contribution < -0.4 is 20.7 Å². The zero-order valence-electron chi connectivity index (χ0n) is 18.7. The van der Waals surface area contributed by atoms with Crippen LogP contribution in [0.5, 0.6) is 17.2 Å². The van der Waals surface area contributed by atoms with Crippen LogP contribution in [0.2, 0.25) is 0 Å². The third-order valence-electron chi connectivity index (χ3n) is 5.34. The normalized spacial score (nSPS) is 12.6. The molecule has 0 bridgehead atoms. The van der Waals surface area contributed by atoms with Crippen molar-refractivity contribution in [2.75, 3.05) is 0 Å². The van der Waals surface area contributed by atoms with Crippen molar-refractivity contribution < 1.29 is 27.8 Å². The van der Waals surface area contributed by atoms with Gasteiger partial charge in [0.25, 0.3) is 5.56 Å². The lowest BCUT2D eigenvalue weighted by molar-refractivity contribution is -0.274. The van der Waals surface area contributed by atoms with Gasteiger partial charge < -0.3 is 14.6 Å². The number of aliphatic hydroxyl groups is 1. The van der Waals surface area contributed by atoms with Gasteiger partial charge in [0.1, 0.15) is 22.1 Å². The van der Waals surface area contributed by atoms with Gasteiger partial charge in [0.15, 0.2) is 0 Å². The van der Waals surface area contributed by atoms with Crippen molar-refractivity contribution >= 4 is 21.6 Å². The van der Waals surface area contributed by atoms with E-state index in [9.17, 15) is 27.9 Å². The molecule has 2 N–H and O–H groups in total. The molecular formula is C24H21F3N2O5S. The second-order valence-electron chi connectivity index (χ2n) is 7.81. The Morgan fingerprint density at radius 1 is 1.03 bits per heavy atom. The second kappa shape index (κ2) is 9.59. The predicted octanol–water partition coefficient (Wildman–Crippen LogP) is 5.19. The van der Waals surface area contributed by atoms with Crippen LogP contribution in [0.3, 0.4) is 0 Å². The summed E-state index contributed by atoms with van der Waals surface area (Å²) in [6.45, 7) is 3.67. The molecule has 35 heavy (non-hydrogen) atoms. The highest BCUT2D eigenvalue weighted by Crippen LogP contribution is 2.37. The van der Waals surface area contributed by atoms with E-state index in [1.807, 2.05) is 0 Å². The highest BCUT2D eigenvalue weighted by atomic mass is 32.1. The molecule has 0 aliphatic rings. The van der Waals surface area contributed by atoms with E-state index < -0.39 is 23.7 Å². The zero-order valence-corrected chi connectivity index (χ0v) is 19.5. The lowest BCUT2D eigenvalue weighted by Crippen LogP contribution is -2.33. The van der Waals surface area contributed by atoms with Crippen LogP contribution in [0.25, 0.3) is 20.7 Å². The summed E-state index contributed by atoms with van der Waals surface area (Å²) in [4.78, 5) is 28.5. The average Bonchev–Trinajstić information content (AvgIpc) is 3.15. The van der Waals surface area contributed by atoms with Crippen molar-refractivity contribution in [3.05, 3.63) is 74.9 Å². The monoisotopic (exact) mass is 506 g/mol. The van der Waals surface area contributed by atoms with E-state index in [0.29, 0.717) is 33.7 Å². The number of aliphatic hydroxyl groups excluding tert-OH is 1. The Morgan fingerprint density at radius 3 is 2.17 bits per heavy atom. The molecule has 0 aliphatic carbocycles. The summed E-state index contributed by atoms with van der Waals surface area (Å²) in [6, 6.07) is 12.0. The lowest BCUT2D eigenvalue weighted by atomic mass is 10.1. The summed E-state index contributed by atoms with van der Waals surface area (Å²) in [5, 5.41) is 10.5. The molecule has 1 unspecified atom stereocenters. The Bertz CT molecular complexity index is 1450. The number of aryl methyl sites for hydroxylation is 1. The van der Waals surface area contributed by atoms with Crippen molar-refractivity contribution in [2.45, 2.75) is 39.3 Å². The molecular weight excluding hydrogens is 485 g/mol. The van der Waals surface area contributed by atoms with Gasteiger partial charge in [-0.05, 0) is 73.0 Å². The number of benzene rings is 2. The Morgan fingerprint density at radius 2 is 1.60 bits per heavy atom. The molecule has 2 aromatic carbocycles. The molecule has 0 spiro atoms. The number of ether oxygens (including phenoxy) is 2. The summed E-state index contributed by atoms with van der Waals surface area (Å²) in [5.41, 5.74) is 0.447. The molecule has 184 valence electrons. The molecule has 4 aromatic rings. The Hall–Kier alpha value is -3.57. The van der Waals surface area contributed by atoms with Gasteiger partial charge in [0.2, 0.25) is 0 Å². The maximum atomic E-state index is 12.5. The molecule has 11 heteroatoms. The SMILES string of the molecule is CCC(O)Cn1c(=O)[nH]c(=O)c2c(C)c(-c3ccc(Oc4ccc(OC(F)(F)F)cc4)cc3)sc21. The van der Waals surface area contributed by atoms with Crippen molar-refractivity contribution in [3.8, 4) is 27.7 Å². The fourth-order valence-corrected chi connectivity index (χ4v) is 4.89. The van der Waals surface area contributed by atoms with Crippen molar-refractivity contribution in [1.29, 1.82) is 0 Å². The third kappa shape index (κ3) is 5.41. The van der Waals surface area contributed by atoms with E-state index in [1.54, 1.807) is 38.1 Å². The van der Waals surface area contributed by atoms with Gasteiger partial charge in [-0.1, -0.05) is 6.92 Å². The Labute approximate surface area is 201 Å². The van der Waals surface area contributed by atoms with E-state index in [4.69, 9.17) is 4.74 Å². The highest BCUT2D eigenvalue weighted by Gasteiger charge is 2.31. The van der Waals surface area contributed by atoms with Crippen LogP contribution in [0.15, 0.2) is 58.1 Å². The largest absolute Gasteiger partial charge is 0.573 e. The van der Waals surface area contributed by atoms with Gasteiger partial charge in [0.05, 0.1) is 18.0 Å². The average molecular weight is 507 g/mol. The molecule has 0 saturated heterocycles. The number of alkyl halides is 3. The van der Waals surface area contributed by atoms with Gasteiger partial charge in [0, 0.05) is 4.88 Å². The first-order valence-electron chi connectivity index (χ1n) is 10.6. The molecule has 4 rings (SSSR count). The van der Waals surface area contributed by atoms with Crippen LogP contribution in [0, 0.1) is 6.92 Å². The number of rotatable bonds is 7. The molecule has 0 saturated carbocycles. The van der Waals surface area contributed by atoms with E-state index in [1.165, 1.54) is 28.0 Å². The molecule has 0 aliphatic heterocycles. The second-order valence-corrected chi connectivity index (χ2v) is 8.81. The third-order valence-corrected chi connectivity index (χ3v) is 6.70. The fourth-order valence-electron chi connectivity index (χ4n) is 3.58. The predicted molar refractivity (Wildman–Crippen MR) is 126 cm³/mol. The zero-order chi connectivity index (χ0) is 25.3. The Kier molecular flexibility index (Phi) is 6.73. The number of nitrogens with one attached hydrogen (secondary N) is 1. The van der Waals surface area contributed by atoms with Crippen molar-refractivity contribution in [3.63, 3.8) is 0 Å². The van der Waals surface area contributed by atoms with E-state index in [2.05, 4.69) is 9.72 Å². The standard InChI is InChI=1S/C24H21F3N2O5S/c1-3-15(30)12-29-22-19(21(31)28-23(29)32)13(2)20(35-22)14-4-6-16(7-5-14)33-17-8-10-18(11-9-17)34-24(25,26)27/h4-11,15,30H,3,12H2,1-2H3,(H,28,31,32). The fraction of sp³-hybridized carbons (Fsp3) is 0.250. The number of H-pyrrole nitrogens is 1. The van der Waals surface area contributed by atoms with Crippen molar-refractivity contribution in [2.24, 2.45) is 0 Å². The van der Waals surface area contributed by atoms with Gasteiger partial charge >= 0.3 is 12.1 Å². The molecule has 1 atom stereocenters. The number of nitrogens with zero attached hydrogens (tertiary/aromatic N) is 1. The number of aromatic amines is 1. The minimum absolute atomic E-state index is 0.0710. The van der Waals surface area contributed by atoms with Crippen molar-refractivity contribution in [1.82, 2.24) is 9.55 Å². The summed E-state index contributed by atoms with van der Waals surface area (Å²) in [5.74, 6) is 0.438. The summed E-state index contributed by atoms with van der Waals surface area (Å²) < 4.78 is 47.8. The van der Waals surface area contributed by atoms with Crippen LogP contribution in [0.1, 0.15) is 18.9 Å². The van der Waals surface area contributed by atoms with Crippen LogP contribution >= 0.6 is 11.3 Å². The van der Waals surface area contributed by atoms with E-state index in [0.717, 1.165) is 22.6 Å². The highest BCUT2D eigenvalue weighted by molar-refractivity contribution is 7.22. The van der Waals surface area contributed by atoms with E-state index >= 15 is 0 Å². The molecule has 7 nitrogen and oxygen atoms in total. The number of halogens is 3. The van der Waals surface area contributed by atoms with Gasteiger partial charge in [-0.25, -0.2) is 4.79 Å². The topological polar surface area (TPSA) is 93.6 Å². The molecule has 2 aromatic heterocycles. The smallest absolute Gasteiger partial charge is 0.457 e. The Balaban J connectivity index is 1.61. The van der Waals surface area contributed by atoms with E-state index in [-0.39, 0.29) is 12.3 Å². The van der Waals surface area contributed by atoms with Crippen LogP contribution in [-0.4, -0.2) is 27.1 Å². The van der Waals surface area contributed by atoms with Crippen LogP contribution in [-0.2, 0) is 6.54 Å². The maximum Gasteiger partial charge on any atom is 0.573 e.